The van der Waals surface area contributed by atoms with Crippen LogP contribution < -0.4 is 0 Å². The Morgan fingerprint density at radius 3 is 1.80 bits per heavy atom. The summed E-state index contributed by atoms with van der Waals surface area (Å²) in [7, 11) is 0. The van der Waals surface area contributed by atoms with Crippen LogP contribution in [0.25, 0.3) is 0 Å². The summed E-state index contributed by atoms with van der Waals surface area (Å²) >= 11 is 0. The molecule has 0 amide bonds. The third kappa shape index (κ3) is 3.70. The second-order valence-electron chi connectivity index (χ2n) is 7.60. The molecule has 0 heterocycles. The van der Waals surface area contributed by atoms with Crippen molar-refractivity contribution in [2.24, 2.45) is 23.7 Å². The Bertz CT molecular complexity index is 655. The summed E-state index contributed by atoms with van der Waals surface area (Å²) in [5.41, 5.74) is 2.72. The molecule has 2 aliphatic rings. The lowest BCUT2D eigenvalue weighted by molar-refractivity contribution is 0.119. The number of hydrogen-bond acceptors (Lipinski definition) is 2. The molecule has 2 heteroatoms. The van der Waals surface area contributed by atoms with Crippen LogP contribution in [0.3, 0.4) is 0 Å². The minimum absolute atomic E-state index is 0.320. The molecule has 4 rings (SSSR count). The lowest BCUT2D eigenvalue weighted by Gasteiger charge is -2.32. The van der Waals surface area contributed by atoms with Gasteiger partial charge in [0.05, 0.1) is 0 Å². The summed E-state index contributed by atoms with van der Waals surface area (Å²) < 4.78 is 0. The quantitative estimate of drug-likeness (QED) is 0.771. The molecule has 1 N–H and O–H groups in total. The predicted octanol–water partition coefficient (Wildman–Crippen LogP) is 4.12. The Morgan fingerprint density at radius 2 is 1.28 bits per heavy atom. The predicted molar refractivity (Wildman–Crippen MR) is 102 cm³/mol. The van der Waals surface area contributed by atoms with Gasteiger partial charge in [0.2, 0.25) is 0 Å². The van der Waals surface area contributed by atoms with E-state index < -0.39 is 0 Å². The molecule has 0 unspecified atom stereocenters. The molecule has 1 saturated carbocycles. The molecule has 0 spiro atoms. The van der Waals surface area contributed by atoms with Gasteiger partial charge in [-0.05, 0) is 41.2 Å². The molecule has 2 aliphatic carbocycles. The first-order valence-electron chi connectivity index (χ1n) is 9.43. The summed E-state index contributed by atoms with van der Waals surface area (Å²) in [6.07, 6.45) is 5.96. The Labute approximate surface area is 150 Å². The maximum absolute atomic E-state index is 9.90. The smallest absolute Gasteiger partial charge is 0.0468 e. The van der Waals surface area contributed by atoms with Gasteiger partial charge in [-0.3, -0.25) is 4.90 Å². The lowest BCUT2D eigenvalue weighted by Crippen LogP contribution is -2.35. The van der Waals surface area contributed by atoms with E-state index in [1.165, 1.54) is 17.5 Å². The zero-order chi connectivity index (χ0) is 17.1. The highest BCUT2D eigenvalue weighted by Gasteiger charge is 2.44. The van der Waals surface area contributed by atoms with Crippen LogP contribution in [-0.2, 0) is 13.1 Å². The monoisotopic (exact) mass is 333 g/mol. The number of benzene rings is 2. The standard InChI is InChI=1S/C23H27NO/c25-17-23-21-12-11-20(13-21)22(23)16-24(14-18-7-3-1-4-8-18)15-19-9-5-2-6-10-19/h1-12,20-23,25H,13-17H2/t20-,21+,22-,23+/m0/s1. The Balaban J connectivity index is 1.51. The van der Waals surface area contributed by atoms with Crippen molar-refractivity contribution in [2.75, 3.05) is 13.2 Å². The normalized spacial score (nSPS) is 27.3. The van der Waals surface area contributed by atoms with Crippen LogP contribution in [0.1, 0.15) is 17.5 Å². The molecule has 0 aliphatic heterocycles. The van der Waals surface area contributed by atoms with E-state index >= 15 is 0 Å². The summed E-state index contributed by atoms with van der Waals surface area (Å²) in [4.78, 5) is 2.56. The highest BCUT2D eigenvalue weighted by molar-refractivity contribution is 5.18. The average Bonchev–Trinajstić information content (AvgIpc) is 3.25. The molecule has 130 valence electrons. The van der Waals surface area contributed by atoms with E-state index in [4.69, 9.17) is 0 Å². The molecule has 2 aromatic carbocycles. The molecule has 2 nitrogen and oxygen atoms in total. The van der Waals surface area contributed by atoms with E-state index in [-0.39, 0.29) is 0 Å². The van der Waals surface area contributed by atoms with Gasteiger partial charge in [0, 0.05) is 26.2 Å². The fourth-order valence-electron chi connectivity index (χ4n) is 4.73. The van der Waals surface area contributed by atoms with Crippen LogP contribution in [0.2, 0.25) is 0 Å². The fraction of sp³-hybridized carbons (Fsp3) is 0.391. The van der Waals surface area contributed by atoms with Gasteiger partial charge in [-0.15, -0.1) is 0 Å². The number of aliphatic hydroxyl groups is 1. The largest absolute Gasteiger partial charge is 0.396 e. The first kappa shape index (κ1) is 16.6. The zero-order valence-corrected chi connectivity index (χ0v) is 14.7. The maximum atomic E-state index is 9.90. The highest BCUT2D eigenvalue weighted by Crippen LogP contribution is 2.48. The summed E-state index contributed by atoms with van der Waals surface area (Å²) in [5.74, 6) is 2.25. The van der Waals surface area contributed by atoms with E-state index in [1.54, 1.807) is 0 Å². The van der Waals surface area contributed by atoms with Gasteiger partial charge in [0.1, 0.15) is 0 Å². The molecule has 2 bridgehead atoms. The fourth-order valence-corrected chi connectivity index (χ4v) is 4.73. The Morgan fingerprint density at radius 1 is 0.760 bits per heavy atom. The second kappa shape index (κ2) is 7.55. The van der Waals surface area contributed by atoms with Crippen LogP contribution in [0.15, 0.2) is 72.8 Å². The Hall–Kier alpha value is -1.90. The van der Waals surface area contributed by atoms with E-state index in [0.717, 1.165) is 19.6 Å². The minimum atomic E-state index is 0.320. The average molecular weight is 333 g/mol. The topological polar surface area (TPSA) is 23.5 Å². The van der Waals surface area contributed by atoms with Crippen LogP contribution in [0.4, 0.5) is 0 Å². The van der Waals surface area contributed by atoms with Crippen molar-refractivity contribution in [2.45, 2.75) is 19.5 Å². The molecule has 0 aromatic heterocycles. The van der Waals surface area contributed by atoms with Gasteiger partial charge < -0.3 is 5.11 Å². The SMILES string of the molecule is OC[C@H]1[C@@H](CN(Cc2ccccc2)Cc2ccccc2)[C@H]2C=C[C@@H]1C2. The minimum Gasteiger partial charge on any atom is -0.396 e. The summed E-state index contributed by atoms with van der Waals surface area (Å²) in [5, 5.41) is 9.90. The van der Waals surface area contributed by atoms with Gasteiger partial charge in [0.15, 0.2) is 0 Å². The molecule has 2 aromatic rings. The summed E-state index contributed by atoms with van der Waals surface area (Å²) in [6.45, 7) is 3.30. The van der Waals surface area contributed by atoms with Crippen molar-refractivity contribution in [3.63, 3.8) is 0 Å². The van der Waals surface area contributed by atoms with Crippen molar-refractivity contribution in [1.82, 2.24) is 4.90 Å². The van der Waals surface area contributed by atoms with E-state index in [2.05, 4.69) is 77.7 Å². The number of hydrogen-bond donors (Lipinski definition) is 1. The Kier molecular flexibility index (Phi) is 5.00. The van der Waals surface area contributed by atoms with Crippen molar-refractivity contribution in [3.05, 3.63) is 83.9 Å². The van der Waals surface area contributed by atoms with E-state index in [1.807, 2.05) is 0 Å². The molecule has 1 fully saturated rings. The number of aliphatic hydroxyl groups excluding tert-OH is 1. The number of rotatable bonds is 7. The molecular formula is C23H27NO. The van der Waals surface area contributed by atoms with Gasteiger partial charge >= 0.3 is 0 Å². The number of allylic oxidation sites excluding steroid dienone is 2. The van der Waals surface area contributed by atoms with Crippen LogP contribution >= 0.6 is 0 Å². The highest BCUT2D eigenvalue weighted by atomic mass is 16.3. The van der Waals surface area contributed by atoms with Crippen molar-refractivity contribution >= 4 is 0 Å². The van der Waals surface area contributed by atoms with E-state index in [0.29, 0.717) is 30.3 Å². The molecule has 0 saturated heterocycles. The van der Waals surface area contributed by atoms with Crippen molar-refractivity contribution in [3.8, 4) is 0 Å². The van der Waals surface area contributed by atoms with Gasteiger partial charge in [-0.25, -0.2) is 0 Å². The number of fused-ring (bicyclic) bond motifs is 2. The number of nitrogens with zero attached hydrogens (tertiary/aromatic N) is 1. The first-order chi connectivity index (χ1) is 12.3. The molecule has 0 radical (unpaired) electrons. The maximum Gasteiger partial charge on any atom is 0.0468 e. The third-order valence-corrected chi connectivity index (χ3v) is 5.98. The lowest BCUT2D eigenvalue weighted by atomic mass is 9.83. The van der Waals surface area contributed by atoms with Gasteiger partial charge in [-0.2, -0.15) is 0 Å². The van der Waals surface area contributed by atoms with E-state index in [9.17, 15) is 5.11 Å². The van der Waals surface area contributed by atoms with Gasteiger partial charge in [-0.1, -0.05) is 72.8 Å². The van der Waals surface area contributed by atoms with Crippen molar-refractivity contribution < 1.29 is 5.11 Å². The zero-order valence-electron chi connectivity index (χ0n) is 14.7. The molecule has 25 heavy (non-hydrogen) atoms. The molecule has 4 atom stereocenters. The molecular weight excluding hydrogens is 306 g/mol. The second-order valence-corrected chi connectivity index (χ2v) is 7.60. The van der Waals surface area contributed by atoms with Crippen LogP contribution in [-0.4, -0.2) is 23.2 Å². The summed E-state index contributed by atoms with van der Waals surface area (Å²) in [6, 6.07) is 21.5. The van der Waals surface area contributed by atoms with Crippen LogP contribution in [0, 0.1) is 23.7 Å². The third-order valence-electron chi connectivity index (χ3n) is 5.98. The van der Waals surface area contributed by atoms with Crippen LogP contribution in [0.5, 0.6) is 0 Å². The van der Waals surface area contributed by atoms with Crippen molar-refractivity contribution in [1.29, 1.82) is 0 Å². The van der Waals surface area contributed by atoms with Gasteiger partial charge in [0.25, 0.3) is 0 Å². The first-order valence-corrected chi connectivity index (χ1v) is 9.43.